The molecule has 106 valence electrons. The maximum Gasteiger partial charge on any atom is 0.161 e. The molecule has 21 heavy (non-hydrogen) atoms. The number of hydrogen-bond acceptors (Lipinski definition) is 2. The molecule has 0 aliphatic heterocycles. The lowest BCUT2D eigenvalue weighted by atomic mass is 9.90. The molecule has 1 aromatic carbocycles. The highest BCUT2D eigenvalue weighted by molar-refractivity contribution is 6.29. The first-order valence-electron chi connectivity index (χ1n) is 7.27. The Morgan fingerprint density at radius 3 is 2.67 bits per heavy atom. The van der Waals surface area contributed by atoms with Crippen LogP contribution in [0.1, 0.15) is 24.0 Å². The molecule has 0 radical (unpaired) electrons. The predicted octanol–water partition coefficient (Wildman–Crippen LogP) is 4.12. The highest BCUT2D eigenvalue weighted by Gasteiger charge is 2.13. The molecule has 0 fully saturated rings. The molecule has 0 saturated carbocycles. The summed E-state index contributed by atoms with van der Waals surface area (Å²) in [5, 5.41) is 0.621. The van der Waals surface area contributed by atoms with Gasteiger partial charge in [0.2, 0.25) is 0 Å². The Morgan fingerprint density at radius 1 is 1.05 bits per heavy atom. The van der Waals surface area contributed by atoms with E-state index in [1.54, 1.807) is 12.1 Å². The quantitative estimate of drug-likeness (QED) is 0.687. The third-order valence-corrected chi connectivity index (χ3v) is 4.55. The molecule has 1 aliphatic carbocycles. The number of halogens is 1. The smallest absolute Gasteiger partial charge is 0.161 e. The van der Waals surface area contributed by atoms with E-state index >= 15 is 0 Å². The van der Waals surface area contributed by atoms with E-state index in [0.29, 0.717) is 10.8 Å². The monoisotopic (exact) mass is 297 g/mol. The van der Waals surface area contributed by atoms with Crippen molar-refractivity contribution in [3.05, 3.63) is 52.8 Å². The Kier molecular flexibility index (Phi) is 2.89. The first kappa shape index (κ1) is 12.7. The van der Waals surface area contributed by atoms with Crippen molar-refractivity contribution in [3.8, 4) is 11.3 Å². The zero-order chi connectivity index (χ0) is 14.4. The number of nitrogens with two attached hydrogens (primary N) is 1. The van der Waals surface area contributed by atoms with Crippen molar-refractivity contribution >= 4 is 22.9 Å². The molecule has 3 aromatic rings. The van der Waals surface area contributed by atoms with Gasteiger partial charge in [0.25, 0.3) is 0 Å². The summed E-state index contributed by atoms with van der Waals surface area (Å²) in [5.74, 6) is 0. The second-order valence-corrected chi connectivity index (χ2v) is 6.01. The van der Waals surface area contributed by atoms with Crippen molar-refractivity contribution < 1.29 is 0 Å². The van der Waals surface area contributed by atoms with E-state index in [4.69, 9.17) is 17.3 Å². The van der Waals surface area contributed by atoms with Crippen LogP contribution < -0.4 is 5.73 Å². The Bertz CT molecular complexity index is 796. The van der Waals surface area contributed by atoms with Crippen LogP contribution in [0.2, 0.25) is 5.15 Å². The van der Waals surface area contributed by atoms with Crippen LogP contribution >= 0.6 is 11.6 Å². The Balaban J connectivity index is 1.86. The summed E-state index contributed by atoms with van der Waals surface area (Å²) < 4.78 is 1.84. The largest absolute Gasteiger partial charge is 0.396 e. The van der Waals surface area contributed by atoms with Gasteiger partial charge in [0.15, 0.2) is 5.65 Å². The summed E-state index contributed by atoms with van der Waals surface area (Å²) in [4.78, 5) is 4.65. The lowest BCUT2D eigenvalue weighted by Crippen LogP contribution is -2.02. The van der Waals surface area contributed by atoms with Gasteiger partial charge in [0, 0.05) is 11.8 Å². The fraction of sp³-hybridized carbons (Fsp3) is 0.235. The SMILES string of the molecule is Nc1ccc(Cl)n2cc(-c3ccc4c(c3)CCCC4)nc12. The van der Waals surface area contributed by atoms with Crippen molar-refractivity contribution in [2.24, 2.45) is 0 Å². The highest BCUT2D eigenvalue weighted by Crippen LogP contribution is 2.29. The second-order valence-electron chi connectivity index (χ2n) is 5.62. The van der Waals surface area contributed by atoms with Crippen LogP contribution in [-0.2, 0) is 12.8 Å². The van der Waals surface area contributed by atoms with Gasteiger partial charge in [0.1, 0.15) is 5.15 Å². The van der Waals surface area contributed by atoms with Crippen LogP contribution in [-0.4, -0.2) is 9.38 Å². The molecule has 0 unspecified atom stereocenters. The van der Waals surface area contributed by atoms with Crippen LogP contribution in [0.15, 0.2) is 36.5 Å². The van der Waals surface area contributed by atoms with Crippen LogP contribution in [0, 0.1) is 0 Å². The molecule has 3 nitrogen and oxygen atoms in total. The van der Waals surface area contributed by atoms with Gasteiger partial charge < -0.3 is 5.73 Å². The molecule has 2 aromatic heterocycles. The Hall–Kier alpha value is -2.00. The van der Waals surface area contributed by atoms with E-state index < -0.39 is 0 Å². The minimum atomic E-state index is 0.621. The summed E-state index contributed by atoms with van der Waals surface area (Å²) >= 11 is 6.21. The fourth-order valence-electron chi connectivity index (χ4n) is 3.09. The lowest BCUT2D eigenvalue weighted by Gasteiger charge is -2.15. The van der Waals surface area contributed by atoms with Gasteiger partial charge in [-0.05, 0) is 55.0 Å². The van der Waals surface area contributed by atoms with Crippen molar-refractivity contribution in [2.75, 3.05) is 5.73 Å². The second kappa shape index (κ2) is 4.78. The van der Waals surface area contributed by atoms with Crippen LogP contribution in [0.5, 0.6) is 0 Å². The van der Waals surface area contributed by atoms with E-state index in [9.17, 15) is 0 Å². The minimum absolute atomic E-state index is 0.621. The van der Waals surface area contributed by atoms with Gasteiger partial charge in [-0.3, -0.25) is 4.40 Å². The fourth-order valence-corrected chi connectivity index (χ4v) is 3.28. The van der Waals surface area contributed by atoms with Crippen molar-refractivity contribution in [1.29, 1.82) is 0 Å². The summed E-state index contributed by atoms with van der Waals surface area (Å²) in [6.45, 7) is 0. The summed E-state index contributed by atoms with van der Waals surface area (Å²) in [6, 6.07) is 10.2. The first-order valence-corrected chi connectivity index (χ1v) is 7.65. The number of imidazole rings is 1. The molecule has 4 heteroatoms. The van der Waals surface area contributed by atoms with E-state index in [2.05, 4.69) is 23.2 Å². The number of aromatic nitrogens is 2. The van der Waals surface area contributed by atoms with Crippen molar-refractivity contribution in [3.63, 3.8) is 0 Å². The molecule has 0 spiro atoms. The standard InChI is InChI=1S/C17H16ClN3/c18-16-8-7-14(19)17-20-15(10-21(16)17)13-6-5-11-3-1-2-4-12(11)9-13/h5-10H,1-4,19H2. The molecule has 0 bridgehead atoms. The normalized spacial score (nSPS) is 14.3. The lowest BCUT2D eigenvalue weighted by molar-refractivity contribution is 0.686. The summed E-state index contributed by atoms with van der Waals surface area (Å²) in [6.07, 6.45) is 6.89. The number of aryl methyl sites for hydroxylation is 2. The number of hydrogen-bond donors (Lipinski definition) is 1. The number of anilines is 1. The Morgan fingerprint density at radius 2 is 1.86 bits per heavy atom. The maximum absolute atomic E-state index is 6.21. The van der Waals surface area contributed by atoms with Gasteiger partial charge in [-0.2, -0.15) is 0 Å². The van der Waals surface area contributed by atoms with Crippen LogP contribution in [0.25, 0.3) is 16.9 Å². The zero-order valence-electron chi connectivity index (χ0n) is 11.6. The van der Waals surface area contributed by atoms with Crippen molar-refractivity contribution in [1.82, 2.24) is 9.38 Å². The number of pyridine rings is 1. The number of fused-ring (bicyclic) bond motifs is 2. The summed E-state index contributed by atoms with van der Waals surface area (Å²) in [5.41, 5.74) is 12.3. The van der Waals surface area contributed by atoms with E-state index in [1.807, 2.05) is 10.6 Å². The molecular weight excluding hydrogens is 282 g/mol. The molecule has 1 aliphatic rings. The third-order valence-electron chi connectivity index (χ3n) is 4.24. The van der Waals surface area contributed by atoms with Gasteiger partial charge in [-0.25, -0.2) is 4.98 Å². The average molecular weight is 298 g/mol. The number of rotatable bonds is 1. The number of nitrogen functional groups attached to an aromatic ring is 1. The Labute approximate surface area is 128 Å². The molecule has 0 saturated heterocycles. The zero-order valence-corrected chi connectivity index (χ0v) is 12.4. The minimum Gasteiger partial charge on any atom is -0.396 e. The average Bonchev–Trinajstić information content (AvgIpc) is 2.97. The number of nitrogens with zero attached hydrogens (tertiary/aromatic N) is 2. The predicted molar refractivity (Wildman–Crippen MR) is 86.7 cm³/mol. The topological polar surface area (TPSA) is 43.3 Å². The molecule has 0 amide bonds. The third kappa shape index (κ3) is 2.09. The van der Waals surface area contributed by atoms with Gasteiger partial charge in [-0.15, -0.1) is 0 Å². The van der Waals surface area contributed by atoms with Crippen LogP contribution in [0.3, 0.4) is 0 Å². The molecule has 2 heterocycles. The number of benzene rings is 1. The van der Waals surface area contributed by atoms with E-state index in [-0.39, 0.29) is 0 Å². The summed E-state index contributed by atoms with van der Waals surface area (Å²) in [7, 11) is 0. The molecular formula is C17H16ClN3. The molecule has 2 N–H and O–H groups in total. The van der Waals surface area contributed by atoms with Gasteiger partial charge >= 0.3 is 0 Å². The van der Waals surface area contributed by atoms with Crippen LogP contribution in [0.4, 0.5) is 5.69 Å². The first-order chi connectivity index (χ1) is 10.2. The van der Waals surface area contributed by atoms with E-state index in [1.165, 1.54) is 36.8 Å². The molecule has 4 rings (SSSR count). The van der Waals surface area contributed by atoms with Gasteiger partial charge in [0.05, 0.1) is 11.4 Å². The molecule has 0 atom stereocenters. The maximum atomic E-state index is 6.21. The van der Waals surface area contributed by atoms with Gasteiger partial charge in [-0.1, -0.05) is 23.7 Å². The highest BCUT2D eigenvalue weighted by atomic mass is 35.5. The van der Waals surface area contributed by atoms with E-state index in [0.717, 1.165) is 16.9 Å². The van der Waals surface area contributed by atoms with Crippen molar-refractivity contribution in [2.45, 2.75) is 25.7 Å².